The first-order valence-electron chi connectivity index (χ1n) is 6.81. The lowest BCUT2D eigenvalue weighted by Crippen LogP contribution is -2.43. The van der Waals surface area contributed by atoms with Gasteiger partial charge in [0, 0.05) is 25.0 Å². The summed E-state index contributed by atoms with van der Waals surface area (Å²) in [4.78, 5) is 2.54. The Morgan fingerprint density at radius 3 is 2.31 bits per heavy atom. The molecule has 1 rings (SSSR count). The van der Waals surface area contributed by atoms with E-state index < -0.39 is 0 Å². The van der Waals surface area contributed by atoms with E-state index in [9.17, 15) is 0 Å². The molecule has 0 aromatic heterocycles. The van der Waals surface area contributed by atoms with Gasteiger partial charge in [-0.2, -0.15) is 5.26 Å². The Morgan fingerprint density at radius 2 is 1.88 bits per heavy atom. The van der Waals surface area contributed by atoms with E-state index in [-0.39, 0.29) is 0 Å². The fourth-order valence-corrected chi connectivity index (χ4v) is 2.93. The van der Waals surface area contributed by atoms with Crippen LogP contribution in [-0.4, -0.2) is 23.5 Å². The van der Waals surface area contributed by atoms with Gasteiger partial charge in [0.2, 0.25) is 0 Å². The molecule has 2 nitrogen and oxygen atoms in total. The third-order valence-electron chi connectivity index (χ3n) is 4.01. The summed E-state index contributed by atoms with van der Waals surface area (Å²) in [6, 6.07) is 3.58. The van der Waals surface area contributed by atoms with Gasteiger partial charge in [0.05, 0.1) is 6.07 Å². The molecule has 0 unspecified atom stereocenters. The second-order valence-corrected chi connectivity index (χ2v) is 5.32. The van der Waals surface area contributed by atoms with Crippen molar-refractivity contribution < 1.29 is 0 Å². The van der Waals surface area contributed by atoms with Crippen molar-refractivity contribution in [3.8, 4) is 6.07 Å². The Bertz CT molecular complexity index is 221. The highest BCUT2D eigenvalue weighted by Gasteiger charge is 2.26. The quantitative estimate of drug-likeness (QED) is 0.711. The lowest BCUT2D eigenvalue weighted by Gasteiger charge is -2.38. The molecule has 0 aromatic rings. The van der Waals surface area contributed by atoms with E-state index in [0.717, 1.165) is 18.5 Å². The minimum absolute atomic E-state index is 0.580. The smallest absolute Gasteiger partial charge is 0.0635 e. The molecular weight excluding hydrogens is 196 g/mol. The molecule has 0 aliphatic heterocycles. The van der Waals surface area contributed by atoms with E-state index in [1.165, 1.54) is 32.1 Å². The normalized spacial score (nSPS) is 26.0. The first kappa shape index (κ1) is 13.5. The topological polar surface area (TPSA) is 27.0 Å². The summed E-state index contributed by atoms with van der Waals surface area (Å²) < 4.78 is 0. The minimum Gasteiger partial charge on any atom is -0.297 e. The molecule has 0 heterocycles. The maximum absolute atomic E-state index is 8.70. The zero-order chi connectivity index (χ0) is 12.0. The molecule has 0 bridgehead atoms. The highest BCUT2D eigenvalue weighted by molar-refractivity contribution is 4.83. The van der Waals surface area contributed by atoms with Crippen LogP contribution in [0.5, 0.6) is 0 Å². The van der Waals surface area contributed by atoms with E-state index in [1.54, 1.807) is 0 Å². The van der Waals surface area contributed by atoms with Crippen LogP contribution in [0.2, 0.25) is 0 Å². The van der Waals surface area contributed by atoms with Gasteiger partial charge >= 0.3 is 0 Å². The van der Waals surface area contributed by atoms with Crippen LogP contribution < -0.4 is 0 Å². The van der Waals surface area contributed by atoms with Gasteiger partial charge in [-0.15, -0.1) is 0 Å². The molecule has 92 valence electrons. The number of hydrogen-bond acceptors (Lipinski definition) is 2. The Labute approximate surface area is 101 Å². The van der Waals surface area contributed by atoms with Crippen molar-refractivity contribution in [2.45, 2.75) is 71.4 Å². The molecule has 0 saturated heterocycles. The molecule has 0 aromatic carbocycles. The van der Waals surface area contributed by atoms with Crippen LogP contribution in [0, 0.1) is 17.2 Å². The van der Waals surface area contributed by atoms with Gasteiger partial charge < -0.3 is 0 Å². The average Bonchev–Trinajstić information content (AvgIpc) is 2.30. The Kier molecular flexibility index (Phi) is 5.84. The Balaban J connectivity index is 2.44. The predicted octanol–water partition coefficient (Wildman–Crippen LogP) is 3.58. The molecule has 0 radical (unpaired) electrons. The summed E-state index contributed by atoms with van der Waals surface area (Å²) in [7, 11) is 0. The molecule has 0 N–H and O–H groups in total. The van der Waals surface area contributed by atoms with Crippen LogP contribution in [0.25, 0.3) is 0 Å². The van der Waals surface area contributed by atoms with E-state index in [0.29, 0.717) is 12.5 Å². The molecule has 1 aliphatic rings. The van der Waals surface area contributed by atoms with E-state index in [2.05, 4.69) is 31.7 Å². The van der Waals surface area contributed by atoms with Gasteiger partial charge in [0.1, 0.15) is 0 Å². The van der Waals surface area contributed by atoms with Crippen LogP contribution in [-0.2, 0) is 0 Å². The molecule has 2 heteroatoms. The predicted molar refractivity (Wildman–Crippen MR) is 68.1 cm³/mol. The Morgan fingerprint density at radius 1 is 1.25 bits per heavy atom. The molecule has 16 heavy (non-hydrogen) atoms. The molecular formula is C14H26N2. The van der Waals surface area contributed by atoms with Gasteiger partial charge in [0.15, 0.2) is 0 Å². The lowest BCUT2D eigenvalue weighted by atomic mass is 9.83. The number of nitriles is 1. The highest BCUT2D eigenvalue weighted by atomic mass is 15.2. The second-order valence-electron chi connectivity index (χ2n) is 5.32. The molecule has 1 saturated carbocycles. The molecule has 0 atom stereocenters. The summed E-state index contributed by atoms with van der Waals surface area (Å²) in [5, 5.41) is 8.70. The summed E-state index contributed by atoms with van der Waals surface area (Å²) in [5.74, 6) is 0.959. The van der Waals surface area contributed by atoms with Crippen molar-refractivity contribution in [2.75, 3.05) is 6.54 Å². The van der Waals surface area contributed by atoms with Crippen molar-refractivity contribution in [3.63, 3.8) is 0 Å². The average molecular weight is 222 g/mol. The van der Waals surface area contributed by atoms with Crippen molar-refractivity contribution >= 4 is 0 Å². The lowest BCUT2D eigenvalue weighted by molar-refractivity contribution is 0.107. The third-order valence-corrected chi connectivity index (χ3v) is 4.01. The molecule has 1 fully saturated rings. The van der Waals surface area contributed by atoms with Crippen molar-refractivity contribution in [2.24, 2.45) is 5.92 Å². The Hall–Kier alpha value is -0.550. The van der Waals surface area contributed by atoms with Crippen molar-refractivity contribution in [1.29, 1.82) is 5.26 Å². The summed E-state index contributed by atoms with van der Waals surface area (Å²) in [6.07, 6.45) is 7.45. The first-order valence-corrected chi connectivity index (χ1v) is 6.81. The first-order chi connectivity index (χ1) is 7.69. The maximum atomic E-state index is 8.70. The van der Waals surface area contributed by atoms with Crippen molar-refractivity contribution in [3.05, 3.63) is 0 Å². The summed E-state index contributed by atoms with van der Waals surface area (Å²) in [6.45, 7) is 7.77. The van der Waals surface area contributed by atoms with Crippen LogP contribution >= 0.6 is 0 Å². The summed E-state index contributed by atoms with van der Waals surface area (Å²) in [5.41, 5.74) is 0. The van der Waals surface area contributed by atoms with Gasteiger partial charge in [-0.1, -0.05) is 13.3 Å². The summed E-state index contributed by atoms with van der Waals surface area (Å²) >= 11 is 0. The number of nitrogens with zero attached hydrogens (tertiary/aromatic N) is 2. The van der Waals surface area contributed by atoms with E-state index in [4.69, 9.17) is 5.26 Å². The van der Waals surface area contributed by atoms with Crippen molar-refractivity contribution in [1.82, 2.24) is 4.90 Å². The van der Waals surface area contributed by atoms with Crippen LogP contribution in [0.1, 0.15) is 59.3 Å². The fourth-order valence-electron chi connectivity index (χ4n) is 2.93. The molecule has 0 spiro atoms. The van der Waals surface area contributed by atoms with Crippen LogP contribution in [0.15, 0.2) is 0 Å². The maximum Gasteiger partial charge on any atom is 0.0635 e. The zero-order valence-corrected chi connectivity index (χ0v) is 11.1. The number of rotatable bonds is 5. The van der Waals surface area contributed by atoms with Gasteiger partial charge in [-0.25, -0.2) is 0 Å². The SMILES string of the molecule is CCC1CCC(N(CCC#N)C(C)C)CC1. The largest absolute Gasteiger partial charge is 0.297 e. The number of hydrogen-bond donors (Lipinski definition) is 0. The molecule has 1 aliphatic carbocycles. The standard InChI is InChI=1S/C14H26N2/c1-4-13-6-8-14(9-7-13)16(12(2)3)11-5-10-15/h12-14H,4-9,11H2,1-3H3. The molecule has 0 amide bonds. The minimum atomic E-state index is 0.580. The van der Waals surface area contributed by atoms with Gasteiger partial charge in [0.25, 0.3) is 0 Å². The van der Waals surface area contributed by atoms with E-state index in [1.807, 2.05) is 0 Å². The van der Waals surface area contributed by atoms with E-state index >= 15 is 0 Å². The van der Waals surface area contributed by atoms with Crippen LogP contribution in [0.4, 0.5) is 0 Å². The zero-order valence-electron chi connectivity index (χ0n) is 11.1. The van der Waals surface area contributed by atoms with Gasteiger partial charge in [-0.05, 0) is 45.4 Å². The second kappa shape index (κ2) is 6.91. The third kappa shape index (κ3) is 3.79. The van der Waals surface area contributed by atoms with Gasteiger partial charge in [-0.3, -0.25) is 4.90 Å². The highest BCUT2D eigenvalue weighted by Crippen LogP contribution is 2.30. The van der Waals surface area contributed by atoms with Crippen LogP contribution in [0.3, 0.4) is 0 Å². The fraction of sp³-hybridized carbons (Fsp3) is 0.929. The monoisotopic (exact) mass is 222 g/mol.